The average molecular weight is 411 g/mol. The predicted molar refractivity (Wildman–Crippen MR) is 125 cm³/mol. The highest BCUT2D eigenvalue weighted by molar-refractivity contribution is 5.96. The molecule has 0 aliphatic heterocycles. The summed E-state index contributed by atoms with van der Waals surface area (Å²) in [6.45, 7) is 4.42. The smallest absolute Gasteiger partial charge is 0.336 e. The van der Waals surface area contributed by atoms with Crippen LogP contribution in [-0.4, -0.2) is 17.2 Å². The lowest BCUT2D eigenvalue weighted by Crippen LogP contribution is -2.16. The molecule has 3 heteroatoms. The Bertz CT molecular complexity index is 739. The van der Waals surface area contributed by atoms with Crippen LogP contribution in [0.5, 0.6) is 5.75 Å². The van der Waals surface area contributed by atoms with Crippen LogP contribution in [0, 0.1) is 0 Å². The lowest BCUT2D eigenvalue weighted by Gasteiger charge is -2.19. The SMILES string of the molecule is CCCCCCCCCCC(CCC)Oc1ccc(-c2ccccc2)c(C(=O)O)c1. The molecule has 0 fully saturated rings. The molecule has 1 atom stereocenters. The molecule has 0 spiro atoms. The van der Waals surface area contributed by atoms with Crippen molar-refractivity contribution in [2.24, 2.45) is 0 Å². The third kappa shape index (κ3) is 8.22. The van der Waals surface area contributed by atoms with E-state index in [9.17, 15) is 9.90 Å². The van der Waals surface area contributed by atoms with Crippen molar-refractivity contribution < 1.29 is 14.6 Å². The number of carbonyl (C=O) groups is 1. The Labute approximate surface area is 182 Å². The first-order chi connectivity index (χ1) is 14.7. The maximum absolute atomic E-state index is 11.8. The second-order valence-electron chi connectivity index (χ2n) is 8.17. The molecule has 0 saturated heterocycles. The van der Waals surface area contributed by atoms with Gasteiger partial charge in [-0.2, -0.15) is 0 Å². The van der Waals surface area contributed by atoms with Crippen molar-refractivity contribution in [3.8, 4) is 16.9 Å². The molecule has 0 aliphatic rings. The number of hydrogen-bond acceptors (Lipinski definition) is 2. The molecular weight excluding hydrogens is 372 g/mol. The first-order valence-corrected chi connectivity index (χ1v) is 11.7. The molecule has 0 amide bonds. The normalized spacial score (nSPS) is 11.9. The van der Waals surface area contributed by atoms with E-state index < -0.39 is 5.97 Å². The van der Waals surface area contributed by atoms with Gasteiger partial charge in [0.15, 0.2) is 0 Å². The van der Waals surface area contributed by atoms with Crippen LogP contribution in [0.1, 0.15) is 94.8 Å². The van der Waals surface area contributed by atoms with Crippen LogP contribution in [0.25, 0.3) is 11.1 Å². The van der Waals surface area contributed by atoms with Crippen molar-refractivity contribution in [3.05, 3.63) is 54.1 Å². The van der Waals surface area contributed by atoms with Gasteiger partial charge in [-0.3, -0.25) is 0 Å². The van der Waals surface area contributed by atoms with Crippen molar-refractivity contribution in [2.45, 2.75) is 90.6 Å². The molecule has 0 radical (unpaired) electrons. The van der Waals surface area contributed by atoms with Crippen LogP contribution in [0.2, 0.25) is 0 Å². The van der Waals surface area contributed by atoms with Gasteiger partial charge in [-0.25, -0.2) is 4.79 Å². The van der Waals surface area contributed by atoms with E-state index in [2.05, 4.69) is 13.8 Å². The first kappa shape index (κ1) is 24.0. The van der Waals surface area contributed by atoms with Gasteiger partial charge in [0.25, 0.3) is 0 Å². The van der Waals surface area contributed by atoms with Crippen molar-refractivity contribution in [3.63, 3.8) is 0 Å². The second kappa shape index (κ2) is 13.8. The van der Waals surface area contributed by atoms with Crippen LogP contribution in [-0.2, 0) is 0 Å². The summed E-state index contributed by atoms with van der Waals surface area (Å²) < 4.78 is 6.23. The molecule has 164 valence electrons. The Hall–Kier alpha value is -2.29. The minimum Gasteiger partial charge on any atom is -0.490 e. The minimum absolute atomic E-state index is 0.152. The molecule has 0 saturated carbocycles. The lowest BCUT2D eigenvalue weighted by molar-refractivity contribution is 0.0696. The molecular formula is C27H38O3. The van der Waals surface area contributed by atoms with Gasteiger partial charge in [-0.15, -0.1) is 0 Å². The Balaban J connectivity index is 1.93. The third-order valence-corrected chi connectivity index (χ3v) is 5.60. The number of unbranched alkanes of at least 4 members (excludes halogenated alkanes) is 7. The molecule has 1 N–H and O–H groups in total. The highest BCUT2D eigenvalue weighted by Crippen LogP contribution is 2.29. The number of carboxylic acids is 1. The highest BCUT2D eigenvalue weighted by atomic mass is 16.5. The summed E-state index contributed by atoms with van der Waals surface area (Å²) >= 11 is 0. The fraction of sp³-hybridized carbons (Fsp3) is 0.519. The first-order valence-electron chi connectivity index (χ1n) is 11.7. The van der Waals surface area contributed by atoms with Crippen molar-refractivity contribution in [1.82, 2.24) is 0 Å². The van der Waals surface area contributed by atoms with Crippen LogP contribution >= 0.6 is 0 Å². The Kier molecular flexibility index (Phi) is 11.1. The molecule has 0 heterocycles. The van der Waals surface area contributed by atoms with Crippen LogP contribution in [0.15, 0.2) is 48.5 Å². The summed E-state index contributed by atoms with van der Waals surface area (Å²) in [6.07, 6.45) is 13.7. The maximum Gasteiger partial charge on any atom is 0.336 e. The van der Waals surface area contributed by atoms with E-state index in [-0.39, 0.29) is 6.10 Å². The molecule has 30 heavy (non-hydrogen) atoms. The van der Waals surface area contributed by atoms with Gasteiger partial charge in [0.05, 0.1) is 11.7 Å². The topological polar surface area (TPSA) is 46.5 Å². The summed E-state index contributed by atoms with van der Waals surface area (Å²) in [5, 5.41) is 9.71. The van der Waals surface area contributed by atoms with E-state index in [1.165, 1.54) is 51.4 Å². The highest BCUT2D eigenvalue weighted by Gasteiger charge is 2.15. The zero-order valence-corrected chi connectivity index (χ0v) is 18.7. The largest absolute Gasteiger partial charge is 0.490 e. The van der Waals surface area contributed by atoms with E-state index in [1.54, 1.807) is 6.07 Å². The summed E-state index contributed by atoms with van der Waals surface area (Å²) in [7, 11) is 0. The van der Waals surface area contributed by atoms with Gasteiger partial charge in [-0.1, -0.05) is 95.5 Å². The average Bonchev–Trinajstić information content (AvgIpc) is 2.76. The fourth-order valence-electron chi connectivity index (χ4n) is 3.93. The Morgan fingerprint density at radius 3 is 2.13 bits per heavy atom. The molecule has 0 aromatic heterocycles. The molecule has 3 nitrogen and oxygen atoms in total. The number of rotatable bonds is 15. The van der Waals surface area contributed by atoms with Gasteiger partial charge in [0.1, 0.15) is 5.75 Å². The second-order valence-corrected chi connectivity index (χ2v) is 8.17. The molecule has 2 aromatic carbocycles. The summed E-state index contributed by atoms with van der Waals surface area (Å²) in [6, 6.07) is 15.1. The summed E-state index contributed by atoms with van der Waals surface area (Å²) in [5.41, 5.74) is 1.93. The van der Waals surface area contributed by atoms with Crippen LogP contribution in [0.4, 0.5) is 0 Å². The lowest BCUT2D eigenvalue weighted by atomic mass is 9.99. The van der Waals surface area contributed by atoms with E-state index >= 15 is 0 Å². The third-order valence-electron chi connectivity index (χ3n) is 5.60. The summed E-state index contributed by atoms with van der Waals surface area (Å²) in [5.74, 6) is -0.264. The van der Waals surface area contributed by atoms with Gasteiger partial charge in [0.2, 0.25) is 0 Å². The number of hydrogen-bond donors (Lipinski definition) is 1. The zero-order valence-electron chi connectivity index (χ0n) is 18.7. The Morgan fingerprint density at radius 2 is 1.50 bits per heavy atom. The van der Waals surface area contributed by atoms with Crippen molar-refractivity contribution in [2.75, 3.05) is 0 Å². The summed E-state index contributed by atoms with van der Waals surface area (Å²) in [4.78, 5) is 11.8. The number of ether oxygens (including phenoxy) is 1. The van der Waals surface area contributed by atoms with Crippen LogP contribution < -0.4 is 4.74 Å². The van der Waals surface area contributed by atoms with Crippen molar-refractivity contribution >= 4 is 5.97 Å². The minimum atomic E-state index is -0.922. The molecule has 0 aliphatic carbocycles. The Morgan fingerprint density at radius 1 is 0.833 bits per heavy atom. The van der Waals surface area contributed by atoms with Gasteiger partial charge in [0, 0.05) is 0 Å². The van der Waals surface area contributed by atoms with Gasteiger partial charge >= 0.3 is 5.97 Å². The van der Waals surface area contributed by atoms with Crippen molar-refractivity contribution in [1.29, 1.82) is 0 Å². The standard InChI is InChI=1S/C27H38O3/c1-3-5-6-7-8-9-10-14-18-23(15-4-2)30-24-19-20-25(26(21-24)27(28)29)22-16-12-11-13-17-22/h11-13,16-17,19-21,23H,3-10,14-15,18H2,1-2H3,(H,28,29). The molecule has 1 unspecified atom stereocenters. The van der Waals surface area contributed by atoms with E-state index in [0.717, 1.165) is 30.4 Å². The van der Waals surface area contributed by atoms with Gasteiger partial charge in [-0.05, 0) is 48.6 Å². The molecule has 2 aromatic rings. The maximum atomic E-state index is 11.8. The number of carboxylic acid groups (broad SMARTS) is 1. The predicted octanol–water partition coefficient (Wildman–Crippen LogP) is 8.13. The number of aromatic carboxylic acids is 1. The van der Waals surface area contributed by atoms with E-state index in [0.29, 0.717) is 11.3 Å². The van der Waals surface area contributed by atoms with E-state index in [1.807, 2.05) is 42.5 Å². The van der Waals surface area contributed by atoms with Crippen LogP contribution in [0.3, 0.4) is 0 Å². The quantitative estimate of drug-likeness (QED) is 0.301. The number of benzene rings is 2. The molecule has 2 rings (SSSR count). The fourth-order valence-corrected chi connectivity index (χ4v) is 3.93. The molecule has 0 bridgehead atoms. The zero-order chi connectivity index (χ0) is 21.6. The van der Waals surface area contributed by atoms with Gasteiger partial charge < -0.3 is 9.84 Å². The monoisotopic (exact) mass is 410 g/mol. The van der Waals surface area contributed by atoms with E-state index in [4.69, 9.17) is 4.74 Å².